The van der Waals surface area contributed by atoms with E-state index in [1.54, 1.807) is 19.2 Å². The zero-order valence-corrected chi connectivity index (χ0v) is 13.7. The molecule has 25 heavy (non-hydrogen) atoms. The fourth-order valence-electron chi connectivity index (χ4n) is 2.26. The first-order valence-corrected chi connectivity index (χ1v) is 7.57. The molecule has 0 aliphatic rings. The second-order valence-electron chi connectivity index (χ2n) is 5.12. The summed E-state index contributed by atoms with van der Waals surface area (Å²) in [4.78, 5) is 29.9. The molecule has 0 unspecified atom stereocenters. The van der Waals surface area contributed by atoms with Gasteiger partial charge in [-0.05, 0) is 13.0 Å². The fourth-order valence-corrected chi connectivity index (χ4v) is 2.26. The molecule has 0 aromatic carbocycles. The Bertz CT molecular complexity index is 843. The minimum absolute atomic E-state index is 0.141. The number of esters is 1. The molecule has 0 atom stereocenters. The molecule has 9 nitrogen and oxygen atoms in total. The Labute approximate surface area is 144 Å². The highest BCUT2D eigenvalue weighted by atomic mass is 16.5. The van der Waals surface area contributed by atoms with Crippen molar-refractivity contribution < 1.29 is 14.3 Å². The highest BCUT2D eigenvalue weighted by Crippen LogP contribution is 2.14. The average molecular weight is 340 g/mol. The van der Waals surface area contributed by atoms with Crippen molar-refractivity contribution >= 4 is 17.5 Å². The Morgan fingerprint density at radius 3 is 2.60 bits per heavy atom. The highest BCUT2D eigenvalue weighted by Gasteiger charge is 2.22. The second-order valence-corrected chi connectivity index (χ2v) is 5.12. The zero-order chi connectivity index (χ0) is 18.2. The Hall–Kier alpha value is -3.46. The lowest BCUT2D eigenvalue weighted by molar-refractivity contribution is -0.134. The molecule has 0 spiro atoms. The standard InChI is InChI=1S/C16H16N6O3/c1-12-14(15-19-7-4-10-22(15)20-12)16(24)25-11-13(23)21(8-2-5-17)9-3-6-18/h4,7,10H,2-3,8-9,11H2,1H3. The molecule has 0 fully saturated rings. The molecule has 0 bridgehead atoms. The maximum atomic E-state index is 12.3. The van der Waals surface area contributed by atoms with E-state index < -0.39 is 18.5 Å². The van der Waals surface area contributed by atoms with E-state index in [1.807, 2.05) is 12.1 Å². The predicted molar refractivity (Wildman–Crippen MR) is 85.0 cm³/mol. The number of rotatable bonds is 7. The lowest BCUT2D eigenvalue weighted by Gasteiger charge is -2.20. The molecule has 2 heterocycles. The number of nitrogens with zero attached hydrogens (tertiary/aromatic N) is 6. The van der Waals surface area contributed by atoms with Crippen molar-refractivity contribution in [1.29, 1.82) is 10.5 Å². The number of hydrogen-bond acceptors (Lipinski definition) is 7. The van der Waals surface area contributed by atoms with Gasteiger partial charge in [0.1, 0.15) is 5.56 Å². The number of aryl methyl sites for hydroxylation is 1. The third kappa shape index (κ3) is 4.30. The first-order chi connectivity index (χ1) is 12.1. The molecule has 128 valence electrons. The maximum Gasteiger partial charge on any atom is 0.344 e. The third-order valence-corrected chi connectivity index (χ3v) is 3.44. The van der Waals surface area contributed by atoms with Crippen LogP contribution in [0.1, 0.15) is 28.9 Å². The van der Waals surface area contributed by atoms with Gasteiger partial charge < -0.3 is 9.64 Å². The summed E-state index contributed by atoms with van der Waals surface area (Å²) < 4.78 is 6.55. The molecule has 0 aliphatic heterocycles. The molecule has 2 aromatic heterocycles. The van der Waals surface area contributed by atoms with Crippen molar-refractivity contribution in [3.8, 4) is 12.1 Å². The van der Waals surface area contributed by atoms with Crippen molar-refractivity contribution in [3.05, 3.63) is 29.7 Å². The average Bonchev–Trinajstić information content (AvgIpc) is 2.95. The molecule has 0 aliphatic carbocycles. The smallest absolute Gasteiger partial charge is 0.344 e. The van der Waals surface area contributed by atoms with E-state index in [1.165, 1.54) is 15.6 Å². The number of hydrogen-bond donors (Lipinski definition) is 0. The molecule has 0 radical (unpaired) electrons. The number of ether oxygens (including phenoxy) is 1. The second kappa shape index (κ2) is 8.41. The van der Waals surface area contributed by atoms with Crippen LogP contribution >= 0.6 is 0 Å². The van der Waals surface area contributed by atoms with Crippen LogP contribution in [0, 0.1) is 29.6 Å². The van der Waals surface area contributed by atoms with Gasteiger partial charge in [0, 0.05) is 25.5 Å². The number of carbonyl (C=O) groups is 2. The predicted octanol–water partition coefficient (Wildman–Crippen LogP) is 0.850. The molecule has 2 aromatic rings. The number of nitriles is 2. The summed E-state index contributed by atoms with van der Waals surface area (Å²) in [5.41, 5.74) is 0.999. The van der Waals surface area contributed by atoms with Gasteiger partial charge in [0.25, 0.3) is 5.91 Å². The van der Waals surface area contributed by atoms with Crippen molar-refractivity contribution in [2.45, 2.75) is 19.8 Å². The van der Waals surface area contributed by atoms with E-state index in [4.69, 9.17) is 15.3 Å². The maximum absolute atomic E-state index is 12.3. The summed E-state index contributed by atoms with van der Waals surface area (Å²) >= 11 is 0. The first-order valence-electron chi connectivity index (χ1n) is 7.57. The fraction of sp³-hybridized carbons (Fsp3) is 0.375. The normalized spacial score (nSPS) is 10.0. The Kier molecular flexibility index (Phi) is 6.02. The molecular formula is C16H16N6O3. The molecule has 2 rings (SSSR count). The van der Waals surface area contributed by atoms with Crippen LogP contribution in [-0.2, 0) is 9.53 Å². The Balaban J connectivity index is 2.04. The summed E-state index contributed by atoms with van der Waals surface area (Å²) in [5.74, 6) is -1.15. The van der Waals surface area contributed by atoms with E-state index in [0.29, 0.717) is 11.3 Å². The van der Waals surface area contributed by atoms with E-state index in [-0.39, 0.29) is 31.5 Å². The van der Waals surface area contributed by atoms with Crippen molar-refractivity contribution in [3.63, 3.8) is 0 Å². The van der Waals surface area contributed by atoms with Gasteiger partial charge in [-0.1, -0.05) is 0 Å². The van der Waals surface area contributed by atoms with Crippen molar-refractivity contribution in [2.24, 2.45) is 0 Å². The Morgan fingerprint density at radius 1 is 1.28 bits per heavy atom. The van der Waals surface area contributed by atoms with Gasteiger partial charge in [0.15, 0.2) is 12.3 Å². The minimum atomic E-state index is -0.694. The summed E-state index contributed by atoms with van der Waals surface area (Å²) in [7, 11) is 0. The molecule has 9 heteroatoms. The largest absolute Gasteiger partial charge is 0.452 e. The summed E-state index contributed by atoms with van der Waals surface area (Å²) in [6.07, 6.45) is 3.47. The van der Waals surface area contributed by atoms with Crippen LogP contribution in [0.3, 0.4) is 0 Å². The SMILES string of the molecule is Cc1nn2cccnc2c1C(=O)OCC(=O)N(CCC#N)CCC#N. The van der Waals surface area contributed by atoms with E-state index in [2.05, 4.69) is 10.1 Å². The summed E-state index contributed by atoms with van der Waals surface area (Å²) in [6.45, 7) is 1.55. The van der Waals surface area contributed by atoms with Crippen LogP contribution in [0.2, 0.25) is 0 Å². The monoisotopic (exact) mass is 340 g/mol. The van der Waals surface area contributed by atoms with E-state index in [9.17, 15) is 9.59 Å². The van der Waals surface area contributed by atoms with Crippen LogP contribution in [0.5, 0.6) is 0 Å². The molecule has 0 N–H and O–H groups in total. The third-order valence-electron chi connectivity index (χ3n) is 3.44. The minimum Gasteiger partial charge on any atom is -0.452 e. The van der Waals surface area contributed by atoms with Crippen LogP contribution in [0.15, 0.2) is 18.5 Å². The van der Waals surface area contributed by atoms with Crippen molar-refractivity contribution in [1.82, 2.24) is 19.5 Å². The molecule has 0 saturated carbocycles. The Morgan fingerprint density at radius 2 is 1.96 bits per heavy atom. The summed E-state index contributed by atoms with van der Waals surface area (Å²) in [5, 5.41) is 21.4. The zero-order valence-electron chi connectivity index (χ0n) is 13.7. The quantitative estimate of drug-likeness (QED) is 0.684. The molecule has 0 saturated heterocycles. The van der Waals surface area contributed by atoms with Crippen molar-refractivity contribution in [2.75, 3.05) is 19.7 Å². The topological polar surface area (TPSA) is 124 Å². The lowest BCUT2D eigenvalue weighted by atomic mass is 10.2. The van der Waals surface area contributed by atoms with Crippen LogP contribution < -0.4 is 0 Å². The number of amides is 1. The highest BCUT2D eigenvalue weighted by molar-refractivity contribution is 5.98. The summed E-state index contributed by atoms with van der Waals surface area (Å²) in [6, 6.07) is 5.56. The van der Waals surface area contributed by atoms with Gasteiger partial charge in [-0.25, -0.2) is 14.3 Å². The van der Waals surface area contributed by atoms with Crippen LogP contribution in [-0.4, -0.2) is 51.1 Å². The number of aromatic nitrogens is 3. The van der Waals surface area contributed by atoms with Gasteiger partial charge in [-0.15, -0.1) is 0 Å². The molecular weight excluding hydrogens is 324 g/mol. The van der Waals surface area contributed by atoms with Gasteiger partial charge in [-0.3, -0.25) is 4.79 Å². The lowest BCUT2D eigenvalue weighted by Crippen LogP contribution is -2.36. The number of fused-ring (bicyclic) bond motifs is 1. The van der Waals surface area contributed by atoms with Gasteiger partial charge in [0.2, 0.25) is 0 Å². The number of carbonyl (C=O) groups excluding carboxylic acids is 2. The van der Waals surface area contributed by atoms with E-state index >= 15 is 0 Å². The van der Waals surface area contributed by atoms with Crippen LogP contribution in [0.4, 0.5) is 0 Å². The first kappa shape index (κ1) is 17.9. The van der Waals surface area contributed by atoms with Gasteiger partial charge >= 0.3 is 5.97 Å². The van der Waals surface area contributed by atoms with Gasteiger partial charge in [0.05, 0.1) is 30.7 Å². The van der Waals surface area contributed by atoms with Crippen LogP contribution in [0.25, 0.3) is 5.65 Å². The molecule has 1 amide bonds. The van der Waals surface area contributed by atoms with E-state index in [0.717, 1.165) is 0 Å². The van der Waals surface area contributed by atoms with Gasteiger partial charge in [-0.2, -0.15) is 15.6 Å².